The summed E-state index contributed by atoms with van der Waals surface area (Å²) in [4.78, 5) is 10.00. The molecule has 1 aromatic rings. The van der Waals surface area contributed by atoms with E-state index in [0.29, 0.717) is 29.8 Å². The second kappa shape index (κ2) is 6.04. The van der Waals surface area contributed by atoms with Gasteiger partial charge in [0.1, 0.15) is 11.6 Å². The van der Waals surface area contributed by atoms with Gasteiger partial charge < -0.3 is 10.3 Å². The van der Waals surface area contributed by atoms with Gasteiger partial charge in [-0.25, -0.2) is 15.8 Å². The Hall–Kier alpha value is -1.22. The van der Waals surface area contributed by atoms with Crippen molar-refractivity contribution in [1.82, 2.24) is 9.97 Å². The van der Waals surface area contributed by atoms with E-state index >= 15 is 0 Å². The molecule has 2 heterocycles. The molecule has 1 saturated heterocycles. The number of thioether (sulfide) groups is 1. The number of nitrogens with two attached hydrogens (primary N) is 1. The Labute approximate surface area is 119 Å². The molecule has 9 heteroatoms. The summed E-state index contributed by atoms with van der Waals surface area (Å²) in [5.41, 5.74) is 2.41. The number of halogens is 3. The number of nitrogen functional groups attached to an aromatic ring is 1. The van der Waals surface area contributed by atoms with E-state index < -0.39 is 12.1 Å². The van der Waals surface area contributed by atoms with Crippen molar-refractivity contribution in [1.29, 1.82) is 0 Å². The van der Waals surface area contributed by atoms with Gasteiger partial charge in [-0.15, -0.1) is 0 Å². The molecular formula is C11H16F3N5S. The topological polar surface area (TPSA) is 67.1 Å². The van der Waals surface area contributed by atoms with Crippen LogP contribution in [-0.4, -0.2) is 35.5 Å². The van der Waals surface area contributed by atoms with Crippen molar-refractivity contribution in [2.75, 3.05) is 29.7 Å². The number of alkyl halides is 3. The third-order valence-corrected chi connectivity index (χ3v) is 3.78. The summed E-state index contributed by atoms with van der Waals surface area (Å²) in [6.07, 6.45) is -1.70. The van der Waals surface area contributed by atoms with Crippen LogP contribution < -0.4 is 16.2 Å². The minimum absolute atomic E-state index is 0.0711. The molecule has 0 aromatic carbocycles. The third kappa shape index (κ3) is 3.45. The van der Waals surface area contributed by atoms with Crippen molar-refractivity contribution < 1.29 is 13.2 Å². The first-order valence-corrected chi connectivity index (χ1v) is 7.38. The molecular weight excluding hydrogens is 291 g/mol. The van der Waals surface area contributed by atoms with Crippen LogP contribution in [0, 0.1) is 5.92 Å². The maximum Gasteiger partial charge on any atom is 0.393 e. The van der Waals surface area contributed by atoms with E-state index in [4.69, 9.17) is 5.84 Å². The Morgan fingerprint density at radius 3 is 2.80 bits per heavy atom. The van der Waals surface area contributed by atoms with E-state index in [1.165, 1.54) is 11.8 Å². The summed E-state index contributed by atoms with van der Waals surface area (Å²) in [7, 11) is 0. The second-order valence-electron chi connectivity index (χ2n) is 4.57. The molecule has 1 atom stereocenters. The molecule has 0 bridgehead atoms. The van der Waals surface area contributed by atoms with E-state index in [1.54, 1.807) is 17.2 Å². The lowest BCUT2D eigenvalue weighted by Gasteiger charge is -2.34. The number of rotatable bonds is 3. The Balaban J connectivity index is 2.22. The van der Waals surface area contributed by atoms with E-state index in [-0.39, 0.29) is 13.0 Å². The van der Waals surface area contributed by atoms with Gasteiger partial charge in [0.05, 0.1) is 5.92 Å². The van der Waals surface area contributed by atoms with Gasteiger partial charge in [-0.05, 0) is 19.1 Å². The lowest BCUT2D eigenvalue weighted by Crippen LogP contribution is -2.42. The Morgan fingerprint density at radius 2 is 2.20 bits per heavy atom. The SMILES string of the molecule is CSc1nc(NN)cc(N2CCCC(C(F)(F)F)C2)n1. The van der Waals surface area contributed by atoms with E-state index in [1.807, 2.05) is 0 Å². The van der Waals surface area contributed by atoms with Crippen molar-refractivity contribution in [2.24, 2.45) is 11.8 Å². The molecule has 2 rings (SSSR count). The molecule has 112 valence electrons. The number of hydrazine groups is 1. The molecule has 1 aliphatic heterocycles. The van der Waals surface area contributed by atoms with Crippen LogP contribution in [0.25, 0.3) is 0 Å². The highest BCUT2D eigenvalue weighted by molar-refractivity contribution is 7.98. The van der Waals surface area contributed by atoms with E-state index in [2.05, 4.69) is 15.4 Å². The van der Waals surface area contributed by atoms with Gasteiger partial charge in [0.15, 0.2) is 5.16 Å². The first kappa shape index (κ1) is 15.2. The van der Waals surface area contributed by atoms with Crippen LogP contribution >= 0.6 is 11.8 Å². The average Bonchev–Trinajstić information content (AvgIpc) is 2.46. The zero-order valence-electron chi connectivity index (χ0n) is 10.9. The van der Waals surface area contributed by atoms with Gasteiger partial charge in [0.2, 0.25) is 0 Å². The molecule has 1 fully saturated rings. The van der Waals surface area contributed by atoms with E-state index in [9.17, 15) is 13.2 Å². The van der Waals surface area contributed by atoms with Crippen LogP contribution in [-0.2, 0) is 0 Å². The van der Waals surface area contributed by atoms with Gasteiger partial charge in [0, 0.05) is 19.2 Å². The summed E-state index contributed by atoms with van der Waals surface area (Å²) in [6.45, 7) is 0.486. The fourth-order valence-electron chi connectivity index (χ4n) is 2.19. The summed E-state index contributed by atoms with van der Waals surface area (Å²) < 4.78 is 38.5. The van der Waals surface area contributed by atoms with E-state index in [0.717, 1.165) is 0 Å². The van der Waals surface area contributed by atoms with Gasteiger partial charge in [-0.1, -0.05) is 11.8 Å². The van der Waals surface area contributed by atoms with Crippen LogP contribution in [0.15, 0.2) is 11.2 Å². The van der Waals surface area contributed by atoms with Gasteiger partial charge >= 0.3 is 6.18 Å². The maximum absolute atomic E-state index is 12.8. The smallest absolute Gasteiger partial charge is 0.356 e. The normalized spacial score (nSPS) is 20.1. The van der Waals surface area contributed by atoms with Crippen LogP contribution in [0.2, 0.25) is 0 Å². The average molecular weight is 307 g/mol. The molecule has 20 heavy (non-hydrogen) atoms. The molecule has 0 amide bonds. The zero-order valence-corrected chi connectivity index (χ0v) is 11.8. The lowest BCUT2D eigenvalue weighted by atomic mass is 9.97. The maximum atomic E-state index is 12.8. The number of hydrogen-bond donors (Lipinski definition) is 2. The third-order valence-electron chi connectivity index (χ3n) is 3.23. The van der Waals surface area contributed by atoms with Crippen LogP contribution in [0.3, 0.4) is 0 Å². The summed E-state index contributed by atoms with van der Waals surface area (Å²) in [5.74, 6) is 4.89. The quantitative estimate of drug-likeness (QED) is 0.386. The number of nitrogens with one attached hydrogen (secondary N) is 1. The fraction of sp³-hybridized carbons (Fsp3) is 0.636. The van der Waals surface area contributed by atoms with Crippen LogP contribution in [0.4, 0.5) is 24.8 Å². The molecule has 0 radical (unpaired) electrons. The number of nitrogens with zero attached hydrogens (tertiary/aromatic N) is 3. The van der Waals surface area contributed by atoms with Gasteiger partial charge in [-0.3, -0.25) is 0 Å². The minimum atomic E-state index is -4.16. The molecule has 1 aromatic heterocycles. The largest absolute Gasteiger partial charge is 0.393 e. The second-order valence-corrected chi connectivity index (χ2v) is 5.34. The van der Waals surface area contributed by atoms with Crippen molar-refractivity contribution in [3.8, 4) is 0 Å². The summed E-state index contributed by atoms with van der Waals surface area (Å²) in [5, 5.41) is 0.476. The molecule has 0 spiro atoms. The number of anilines is 2. The molecule has 0 aliphatic carbocycles. The van der Waals surface area contributed by atoms with Crippen LogP contribution in [0.1, 0.15) is 12.8 Å². The standard InChI is InChI=1S/C11H16F3N5S/c1-20-10-16-8(18-15)5-9(17-10)19-4-2-3-7(6-19)11(12,13)14/h5,7H,2-4,6,15H2,1H3,(H,16,17,18). The number of piperidine rings is 1. The van der Waals surface area contributed by atoms with Gasteiger partial charge in [-0.2, -0.15) is 13.2 Å². The van der Waals surface area contributed by atoms with Gasteiger partial charge in [0.25, 0.3) is 0 Å². The number of hydrogen-bond acceptors (Lipinski definition) is 6. The Morgan fingerprint density at radius 1 is 1.45 bits per heavy atom. The zero-order chi connectivity index (χ0) is 14.8. The molecule has 3 N–H and O–H groups in total. The van der Waals surface area contributed by atoms with Crippen LogP contribution in [0.5, 0.6) is 0 Å². The van der Waals surface area contributed by atoms with Crippen molar-refractivity contribution >= 4 is 23.4 Å². The first-order valence-electron chi connectivity index (χ1n) is 6.15. The van der Waals surface area contributed by atoms with Crippen molar-refractivity contribution in [3.63, 3.8) is 0 Å². The molecule has 1 unspecified atom stereocenters. The number of aromatic nitrogens is 2. The monoisotopic (exact) mass is 307 g/mol. The highest BCUT2D eigenvalue weighted by Gasteiger charge is 2.42. The minimum Gasteiger partial charge on any atom is -0.356 e. The first-order chi connectivity index (χ1) is 9.44. The summed E-state index contributed by atoms with van der Waals surface area (Å²) >= 11 is 1.32. The molecule has 5 nitrogen and oxygen atoms in total. The predicted molar refractivity (Wildman–Crippen MR) is 72.6 cm³/mol. The molecule has 1 aliphatic rings. The molecule has 0 saturated carbocycles. The highest BCUT2D eigenvalue weighted by atomic mass is 32.2. The van der Waals surface area contributed by atoms with Crippen molar-refractivity contribution in [3.05, 3.63) is 6.07 Å². The highest BCUT2D eigenvalue weighted by Crippen LogP contribution is 2.34. The fourth-order valence-corrected chi connectivity index (χ4v) is 2.57. The predicted octanol–water partition coefficient (Wildman–Crippen LogP) is 2.26. The Bertz CT molecular complexity index is 446. The lowest BCUT2D eigenvalue weighted by molar-refractivity contribution is -0.176. The van der Waals surface area contributed by atoms with Crippen molar-refractivity contribution in [2.45, 2.75) is 24.2 Å². The Kier molecular flexibility index (Phi) is 4.59. The summed E-state index contributed by atoms with van der Waals surface area (Å²) in [6, 6.07) is 1.57.